The van der Waals surface area contributed by atoms with Crippen LogP contribution in [0.4, 0.5) is 0 Å². The number of rotatable bonds is 7. The number of ether oxygens (including phenoxy) is 4. The van der Waals surface area contributed by atoms with Gasteiger partial charge in [0.2, 0.25) is 0 Å². The van der Waals surface area contributed by atoms with Crippen molar-refractivity contribution in [2.24, 2.45) is 11.8 Å². The van der Waals surface area contributed by atoms with E-state index in [-0.39, 0.29) is 17.8 Å². The van der Waals surface area contributed by atoms with Gasteiger partial charge in [0.05, 0.1) is 11.8 Å². The van der Waals surface area contributed by atoms with Gasteiger partial charge in [-0.3, -0.25) is 19.2 Å². The third kappa shape index (κ3) is 6.63. The summed E-state index contributed by atoms with van der Waals surface area (Å²) in [6.07, 6.45) is 1.57. The van der Waals surface area contributed by atoms with E-state index in [2.05, 4.69) is 6.58 Å². The maximum Gasteiger partial charge on any atom is 0.334 e. The first-order chi connectivity index (χ1) is 15.6. The van der Waals surface area contributed by atoms with E-state index in [1.165, 1.54) is 13.8 Å². The van der Waals surface area contributed by atoms with Crippen molar-refractivity contribution in [1.29, 1.82) is 0 Å². The fourth-order valence-corrected chi connectivity index (χ4v) is 3.66. The Kier molecular flexibility index (Phi) is 9.13. The molecule has 0 amide bonds. The molecule has 0 N–H and O–H groups in total. The fourth-order valence-electron chi connectivity index (χ4n) is 3.66. The van der Waals surface area contributed by atoms with Crippen molar-refractivity contribution >= 4 is 30.2 Å². The summed E-state index contributed by atoms with van der Waals surface area (Å²) in [6.45, 7) is 9.72. The van der Waals surface area contributed by atoms with Gasteiger partial charge in [0.1, 0.15) is 19.0 Å². The molecule has 0 aromatic carbocycles. The summed E-state index contributed by atoms with van der Waals surface area (Å²) in [6, 6.07) is 0. The van der Waals surface area contributed by atoms with E-state index in [0.717, 1.165) is 0 Å². The summed E-state index contributed by atoms with van der Waals surface area (Å²) >= 11 is 0. The lowest BCUT2D eigenvalue weighted by molar-refractivity contribution is -0.171. The maximum absolute atomic E-state index is 12.7. The summed E-state index contributed by atoms with van der Waals surface area (Å²) < 4.78 is 21.8. The van der Waals surface area contributed by atoms with Crippen LogP contribution in [0, 0.1) is 11.8 Å². The molecular formula is C24H30O9. The molecular weight excluding hydrogens is 432 g/mol. The Balaban J connectivity index is 2.61. The SMILES string of the molecule is C=C1C(=O)O[C@@H]2/C=C(\COC(C)=O)CC/C=C(\C=O)[C@H](OC(C)=O)[C@@H](OC(=O)[C@@H](C)CC)[C@@H]12. The number of allylic oxidation sites excluding steroid dienone is 1. The Morgan fingerprint density at radius 3 is 2.52 bits per heavy atom. The molecule has 0 unspecified atom stereocenters. The largest absolute Gasteiger partial charge is 0.461 e. The van der Waals surface area contributed by atoms with Crippen LogP contribution < -0.4 is 0 Å². The van der Waals surface area contributed by atoms with Crippen LogP contribution in [-0.2, 0) is 42.9 Å². The molecule has 1 fully saturated rings. The number of esters is 4. The van der Waals surface area contributed by atoms with E-state index in [4.69, 9.17) is 18.9 Å². The zero-order valence-electron chi connectivity index (χ0n) is 19.3. The van der Waals surface area contributed by atoms with Crippen LogP contribution in [0.3, 0.4) is 0 Å². The maximum atomic E-state index is 12.7. The highest BCUT2D eigenvalue weighted by Gasteiger charge is 2.49. The third-order valence-electron chi connectivity index (χ3n) is 5.64. The molecule has 0 bridgehead atoms. The highest BCUT2D eigenvalue weighted by atomic mass is 16.6. The van der Waals surface area contributed by atoms with Crippen molar-refractivity contribution in [3.05, 3.63) is 35.5 Å². The second-order valence-corrected chi connectivity index (χ2v) is 8.13. The van der Waals surface area contributed by atoms with E-state index in [0.29, 0.717) is 31.1 Å². The molecule has 5 atom stereocenters. The molecule has 0 aromatic rings. The quantitative estimate of drug-likeness (QED) is 0.184. The van der Waals surface area contributed by atoms with Crippen molar-refractivity contribution in [1.82, 2.24) is 0 Å². The first-order valence-corrected chi connectivity index (χ1v) is 10.8. The molecule has 1 heterocycles. The van der Waals surface area contributed by atoms with E-state index >= 15 is 0 Å². The van der Waals surface area contributed by atoms with Gasteiger partial charge < -0.3 is 18.9 Å². The molecule has 1 aliphatic carbocycles. The van der Waals surface area contributed by atoms with Crippen molar-refractivity contribution in [2.45, 2.75) is 65.3 Å². The summed E-state index contributed by atoms with van der Waals surface area (Å²) in [5, 5.41) is 0. The van der Waals surface area contributed by atoms with Gasteiger partial charge in [0.15, 0.2) is 12.2 Å². The van der Waals surface area contributed by atoms with Crippen LogP contribution >= 0.6 is 0 Å². The molecule has 1 saturated heterocycles. The lowest BCUT2D eigenvalue weighted by Crippen LogP contribution is -2.45. The Bertz CT molecular complexity index is 882. The van der Waals surface area contributed by atoms with Gasteiger partial charge in [-0.1, -0.05) is 26.5 Å². The molecule has 9 nitrogen and oxygen atoms in total. The third-order valence-corrected chi connectivity index (χ3v) is 5.64. The highest BCUT2D eigenvalue weighted by molar-refractivity contribution is 5.91. The second-order valence-electron chi connectivity index (χ2n) is 8.13. The zero-order chi connectivity index (χ0) is 24.7. The molecule has 0 aromatic heterocycles. The van der Waals surface area contributed by atoms with Gasteiger partial charge in [0.25, 0.3) is 0 Å². The van der Waals surface area contributed by atoms with Gasteiger partial charge in [-0.05, 0) is 30.9 Å². The molecule has 0 spiro atoms. The van der Waals surface area contributed by atoms with E-state index < -0.39 is 54.0 Å². The van der Waals surface area contributed by atoms with Gasteiger partial charge in [-0.25, -0.2) is 4.79 Å². The first-order valence-electron chi connectivity index (χ1n) is 10.8. The number of fused-ring (bicyclic) bond motifs is 1. The minimum Gasteiger partial charge on any atom is -0.461 e. The van der Waals surface area contributed by atoms with E-state index in [1.807, 2.05) is 6.92 Å². The second kappa shape index (κ2) is 11.6. The van der Waals surface area contributed by atoms with Crippen molar-refractivity contribution in [3.8, 4) is 0 Å². The van der Waals surface area contributed by atoms with Gasteiger partial charge in [0, 0.05) is 25.0 Å². The van der Waals surface area contributed by atoms with Crippen LogP contribution in [0.15, 0.2) is 35.5 Å². The van der Waals surface area contributed by atoms with Crippen LogP contribution in [0.1, 0.15) is 47.0 Å². The number of hydrogen-bond donors (Lipinski definition) is 0. The number of aldehydes is 1. The summed E-state index contributed by atoms with van der Waals surface area (Å²) in [4.78, 5) is 60.3. The van der Waals surface area contributed by atoms with Gasteiger partial charge in [-0.2, -0.15) is 0 Å². The number of carbonyl (C=O) groups is 5. The Labute approximate surface area is 192 Å². The number of carbonyl (C=O) groups excluding carboxylic acids is 5. The van der Waals surface area contributed by atoms with Crippen LogP contribution in [0.5, 0.6) is 0 Å². The highest BCUT2D eigenvalue weighted by Crippen LogP contribution is 2.37. The predicted molar refractivity (Wildman–Crippen MR) is 115 cm³/mol. The zero-order valence-corrected chi connectivity index (χ0v) is 19.3. The van der Waals surface area contributed by atoms with Crippen molar-refractivity contribution in [3.63, 3.8) is 0 Å². The van der Waals surface area contributed by atoms with Crippen LogP contribution in [0.25, 0.3) is 0 Å². The molecule has 9 heteroatoms. The Morgan fingerprint density at radius 2 is 1.94 bits per heavy atom. The number of hydrogen-bond acceptors (Lipinski definition) is 9. The lowest BCUT2D eigenvalue weighted by Gasteiger charge is -2.33. The average molecular weight is 462 g/mol. The molecule has 180 valence electrons. The molecule has 0 saturated carbocycles. The molecule has 0 radical (unpaired) electrons. The van der Waals surface area contributed by atoms with Crippen LogP contribution in [0.2, 0.25) is 0 Å². The lowest BCUT2D eigenvalue weighted by atomic mass is 9.83. The predicted octanol–water partition coefficient (Wildman–Crippen LogP) is 2.38. The topological polar surface area (TPSA) is 122 Å². The summed E-state index contributed by atoms with van der Waals surface area (Å²) in [7, 11) is 0. The average Bonchev–Trinajstić information content (AvgIpc) is 3.03. The summed E-state index contributed by atoms with van der Waals surface area (Å²) in [5.41, 5.74) is 0.766. The monoisotopic (exact) mass is 462 g/mol. The minimum absolute atomic E-state index is 0.0213. The summed E-state index contributed by atoms with van der Waals surface area (Å²) in [5.74, 6) is -3.83. The minimum atomic E-state index is -1.25. The Morgan fingerprint density at radius 1 is 1.24 bits per heavy atom. The molecule has 1 aliphatic heterocycles. The Hall–Kier alpha value is -3.23. The van der Waals surface area contributed by atoms with Gasteiger partial charge >= 0.3 is 23.9 Å². The van der Waals surface area contributed by atoms with Gasteiger partial charge in [-0.15, -0.1) is 0 Å². The molecule has 33 heavy (non-hydrogen) atoms. The first kappa shape index (κ1) is 26.0. The van der Waals surface area contributed by atoms with E-state index in [9.17, 15) is 24.0 Å². The van der Waals surface area contributed by atoms with Crippen LogP contribution in [-0.4, -0.2) is 55.1 Å². The van der Waals surface area contributed by atoms with E-state index in [1.54, 1.807) is 19.1 Å². The molecule has 2 aliphatic rings. The van der Waals surface area contributed by atoms with Crippen molar-refractivity contribution < 1.29 is 42.9 Å². The molecule has 2 rings (SSSR count). The standard InChI is InChI=1S/C24H30O9/c1-6-13(2)23(28)33-22-20-14(3)24(29)32-19(20)10-17(12-30-15(4)26)8-7-9-18(11-25)21(22)31-16(5)27/h9-11,13,19-22H,3,6-8,12H2,1-2,4-5H3/b17-10-,18-9+/t13-,19+,20-,21-,22-/m0/s1. The van der Waals surface area contributed by atoms with Crippen molar-refractivity contribution in [2.75, 3.05) is 6.61 Å². The smallest absolute Gasteiger partial charge is 0.334 e. The normalized spacial score (nSPS) is 29.2. The fraction of sp³-hybridized carbons (Fsp3) is 0.542.